The molecule has 1 amide bonds. The Kier molecular flexibility index (Phi) is 8.25. The van der Waals surface area contributed by atoms with Gasteiger partial charge in [-0.05, 0) is 60.9 Å². The zero-order valence-corrected chi connectivity index (χ0v) is 19.9. The van der Waals surface area contributed by atoms with E-state index in [-0.39, 0.29) is 11.3 Å². The summed E-state index contributed by atoms with van der Waals surface area (Å²) in [6.07, 6.45) is 0.131. The van der Waals surface area contributed by atoms with Gasteiger partial charge in [0, 0.05) is 0 Å². The van der Waals surface area contributed by atoms with Crippen LogP contribution in [0.25, 0.3) is 0 Å². The molecule has 2 atom stereocenters. The molecule has 2 N–H and O–H groups in total. The Labute approximate surface area is 199 Å². The van der Waals surface area contributed by atoms with E-state index in [4.69, 9.17) is 9.47 Å². The number of ether oxygens (including phenoxy) is 2. The van der Waals surface area contributed by atoms with Gasteiger partial charge in [-0.1, -0.05) is 36.4 Å². The molecule has 3 aromatic carbocycles. The van der Waals surface area contributed by atoms with E-state index in [1.165, 1.54) is 14.2 Å². The summed E-state index contributed by atoms with van der Waals surface area (Å²) in [7, 11) is -1.02. The third-order valence-corrected chi connectivity index (χ3v) is 6.77. The van der Waals surface area contributed by atoms with Gasteiger partial charge in [0.25, 0.3) is 0 Å². The van der Waals surface area contributed by atoms with Crippen LogP contribution in [-0.2, 0) is 21.2 Å². The summed E-state index contributed by atoms with van der Waals surface area (Å²) in [4.78, 5) is 13.1. The largest absolute Gasteiger partial charge is 0.493 e. The Morgan fingerprint density at radius 1 is 0.941 bits per heavy atom. The average molecular weight is 487 g/mol. The quantitative estimate of drug-likeness (QED) is 0.457. The summed E-state index contributed by atoms with van der Waals surface area (Å²) in [5.41, 5.74) is 1.54. The molecule has 0 aliphatic carbocycles. The number of sulfonamides is 1. The maximum Gasteiger partial charge on any atom is 0.241 e. The van der Waals surface area contributed by atoms with Crippen LogP contribution in [0.3, 0.4) is 0 Å². The molecule has 34 heavy (non-hydrogen) atoms. The van der Waals surface area contributed by atoms with E-state index in [2.05, 4.69) is 10.0 Å². The van der Waals surface area contributed by atoms with Crippen LogP contribution < -0.4 is 19.5 Å². The molecule has 0 unspecified atom stereocenters. The van der Waals surface area contributed by atoms with Gasteiger partial charge in [-0.25, -0.2) is 12.8 Å². The van der Waals surface area contributed by atoms with E-state index >= 15 is 0 Å². The Hall–Kier alpha value is -3.43. The molecular formula is C25H27FN2O5S. The lowest BCUT2D eigenvalue weighted by Crippen LogP contribution is -2.48. The van der Waals surface area contributed by atoms with Crippen molar-refractivity contribution in [2.24, 2.45) is 0 Å². The van der Waals surface area contributed by atoms with Gasteiger partial charge in [0.15, 0.2) is 11.5 Å². The molecule has 7 nitrogen and oxygen atoms in total. The van der Waals surface area contributed by atoms with Gasteiger partial charge >= 0.3 is 0 Å². The summed E-state index contributed by atoms with van der Waals surface area (Å²) in [6.45, 7) is 1.78. The van der Waals surface area contributed by atoms with E-state index in [9.17, 15) is 17.6 Å². The third kappa shape index (κ3) is 6.33. The normalized spacial score (nSPS) is 13.1. The average Bonchev–Trinajstić information content (AvgIpc) is 2.83. The second-order valence-corrected chi connectivity index (χ2v) is 9.38. The highest BCUT2D eigenvalue weighted by Crippen LogP contribution is 2.30. The number of methoxy groups -OCH3 is 2. The van der Waals surface area contributed by atoms with Crippen molar-refractivity contribution in [3.05, 3.63) is 89.7 Å². The topological polar surface area (TPSA) is 93.7 Å². The number of rotatable bonds is 10. The molecule has 0 bridgehead atoms. The highest BCUT2D eigenvalue weighted by molar-refractivity contribution is 7.89. The molecule has 0 aliphatic heterocycles. The summed E-state index contributed by atoms with van der Waals surface area (Å²) in [5.74, 6) is 0.0100. The van der Waals surface area contributed by atoms with Gasteiger partial charge in [0.05, 0.1) is 25.2 Å². The SMILES string of the molecule is COc1ccc([C@H](C)NC(=O)[C@@H](Cc2ccccc2)NS(=O)(=O)c2ccc(F)cc2)cc1OC. The maximum atomic E-state index is 13.3. The van der Waals surface area contributed by atoms with Gasteiger partial charge in [0.2, 0.25) is 15.9 Å². The zero-order valence-electron chi connectivity index (χ0n) is 19.1. The minimum absolute atomic E-state index is 0.131. The molecule has 0 spiro atoms. The van der Waals surface area contributed by atoms with E-state index < -0.39 is 33.8 Å². The van der Waals surface area contributed by atoms with Crippen molar-refractivity contribution in [1.82, 2.24) is 10.0 Å². The molecule has 0 fully saturated rings. The fourth-order valence-electron chi connectivity index (χ4n) is 3.43. The van der Waals surface area contributed by atoms with Crippen molar-refractivity contribution in [2.45, 2.75) is 30.3 Å². The van der Waals surface area contributed by atoms with Crippen molar-refractivity contribution in [3.8, 4) is 11.5 Å². The molecule has 3 rings (SSSR count). The first kappa shape index (κ1) is 25.2. The molecule has 0 saturated carbocycles. The number of carbonyl (C=O) groups excluding carboxylic acids is 1. The second kappa shape index (κ2) is 11.1. The molecule has 0 aromatic heterocycles. The van der Waals surface area contributed by atoms with Crippen LogP contribution in [0.4, 0.5) is 4.39 Å². The molecule has 180 valence electrons. The van der Waals surface area contributed by atoms with Gasteiger partial charge < -0.3 is 14.8 Å². The molecule has 0 saturated heterocycles. The number of nitrogens with one attached hydrogen (secondary N) is 2. The summed E-state index contributed by atoms with van der Waals surface area (Å²) < 4.78 is 52.1. The van der Waals surface area contributed by atoms with Crippen molar-refractivity contribution in [2.75, 3.05) is 14.2 Å². The monoisotopic (exact) mass is 486 g/mol. The highest BCUT2D eigenvalue weighted by atomic mass is 32.2. The number of hydrogen-bond acceptors (Lipinski definition) is 5. The zero-order chi connectivity index (χ0) is 24.7. The number of hydrogen-bond donors (Lipinski definition) is 2. The van der Waals surface area contributed by atoms with Crippen LogP contribution in [0.15, 0.2) is 77.7 Å². The van der Waals surface area contributed by atoms with Crippen LogP contribution in [0.2, 0.25) is 0 Å². The van der Waals surface area contributed by atoms with Crippen LogP contribution in [-0.4, -0.2) is 34.6 Å². The van der Waals surface area contributed by atoms with Crippen LogP contribution in [0.5, 0.6) is 11.5 Å². The van der Waals surface area contributed by atoms with Crippen molar-refractivity contribution >= 4 is 15.9 Å². The Morgan fingerprint density at radius 2 is 1.59 bits per heavy atom. The van der Waals surface area contributed by atoms with Crippen molar-refractivity contribution < 1.29 is 27.1 Å². The first-order chi connectivity index (χ1) is 16.2. The Balaban J connectivity index is 1.83. The number of carbonyl (C=O) groups is 1. The minimum atomic E-state index is -4.08. The number of benzene rings is 3. The number of halogens is 1. The summed E-state index contributed by atoms with van der Waals surface area (Å²) >= 11 is 0. The predicted octanol–water partition coefficient (Wildman–Crippen LogP) is 3.61. The highest BCUT2D eigenvalue weighted by Gasteiger charge is 2.27. The fraction of sp³-hybridized carbons (Fsp3) is 0.240. The third-order valence-electron chi connectivity index (χ3n) is 5.29. The molecule has 0 radical (unpaired) electrons. The van der Waals surface area contributed by atoms with Gasteiger partial charge in [0.1, 0.15) is 11.9 Å². The second-order valence-electron chi connectivity index (χ2n) is 7.66. The summed E-state index contributed by atoms with van der Waals surface area (Å²) in [5, 5.41) is 2.87. The van der Waals surface area contributed by atoms with E-state index in [1.807, 2.05) is 30.3 Å². The van der Waals surface area contributed by atoms with Crippen LogP contribution in [0, 0.1) is 5.82 Å². The fourth-order valence-corrected chi connectivity index (χ4v) is 4.62. The molecule has 0 heterocycles. The van der Waals surface area contributed by atoms with Crippen LogP contribution >= 0.6 is 0 Å². The van der Waals surface area contributed by atoms with Crippen LogP contribution in [0.1, 0.15) is 24.1 Å². The van der Waals surface area contributed by atoms with Gasteiger partial charge in [-0.15, -0.1) is 0 Å². The van der Waals surface area contributed by atoms with Crippen molar-refractivity contribution in [3.63, 3.8) is 0 Å². The molecule has 9 heteroatoms. The first-order valence-electron chi connectivity index (χ1n) is 10.6. The lowest BCUT2D eigenvalue weighted by Gasteiger charge is -2.22. The van der Waals surface area contributed by atoms with E-state index in [0.717, 1.165) is 35.4 Å². The Morgan fingerprint density at radius 3 is 2.21 bits per heavy atom. The van der Waals surface area contributed by atoms with E-state index in [1.54, 1.807) is 25.1 Å². The van der Waals surface area contributed by atoms with E-state index in [0.29, 0.717) is 11.5 Å². The van der Waals surface area contributed by atoms with Gasteiger partial charge in [-0.3, -0.25) is 4.79 Å². The predicted molar refractivity (Wildman–Crippen MR) is 127 cm³/mol. The maximum absolute atomic E-state index is 13.3. The smallest absolute Gasteiger partial charge is 0.241 e. The Bertz CT molecular complexity index is 1220. The number of amides is 1. The minimum Gasteiger partial charge on any atom is -0.493 e. The van der Waals surface area contributed by atoms with Crippen molar-refractivity contribution in [1.29, 1.82) is 0 Å². The molecular weight excluding hydrogens is 459 g/mol. The molecule has 0 aliphatic rings. The first-order valence-corrected chi connectivity index (χ1v) is 12.1. The summed E-state index contributed by atoms with van der Waals surface area (Å²) in [6, 6.07) is 17.2. The lowest BCUT2D eigenvalue weighted by molar-refractivity contribution is -0.123. The standard InChI is InChI=1S/C25H27FN2O5S/c1-17(19-9-14-23(32-2)24(16-19)33-3)27-25(29)22(15-18-7-5-4-6-8-18)28-34(30,31)21-12-10-20(26)11-13-21/h4-14,16-17,22,28H,15H2,1-3H3,(H,27,29)/t17-,22+/m0/s1. The molecule has 3 aromatic rings. The van der Waals surface area contributed by atoms with Gasteiger partial charge in [-0.2, -0.15) is 4.72 Å². The lowest BCUT2D eigenvalue weighted by atomic mass is 10.0.